The molecule has 1 atom stereocenters. The molecular formula is C11H13BF2O2S. The molecule has 2 nitrogen and oxygen atoms in total. The van der Waals surface area contributed by atoms with Crippen LogP contribution in [-0.2, 0) is 4.65 Å². The molecule has 1 unspecified atom stereocenters. The molecule has 0 saturated carbocycles. The number of carbonyl (C=O) groups is 1. The highest BCUT2D eigenvalue weighted by molar-refractivity contribution is 7.98. The topological polar surface area (TPSA) is 26.3 Å². The van der Waals surface area contributed by atoms with E-state index in [0.29, 0.717) is 5.56 Å². The highest BCUT2D eigenvalue weighted by Crippen LogP contribution is 2.16. The lowest BCUT2D eigenvalue weighted by Crippen LogP contribution is -2.19. The van der Waals surface area contributed by atoms with Crippen LogP contribution >= 0.6 is 11.8 Å². The van der Waals surface area contributed by atoms with Gasteiger partial charge >= 0.3 is 7.47 Å². The minimum atomic E-state index is -2.84. The predicted octanol–water partition coefficient (Wildman–Crippen LogP) is 3.31. The Kier molecular flexibility index (Phi) is 5.64. The molecule has 0 radical (unpaired) electrons. The molecule has 0 bridgehead atoms. The summed E-state index contributed by atoms with van der Waals surface area (Å²) in [6.45, 7) is 1.46. The summed E-state index contributed by atoms with van der Waals surface area (Å²) in [5.74, 6) is -0.189. The summed E-state index contributed by atoms with van der Waals surface area (Å²) >= 11 is 1.58. The van der Waals surface area contributed by atoms with Gasteiger partial charge in [0, 0.05) is 16.9 Å². The molecule has 6 heteroatoms. The van der Waals surface area contributed by atoms with Gasteiger partial charge in [-0.2, -0.15) is 0 Å². The number of Topliss-reactive ketones (excluding diaryl/α,β-unsaturated/α-hetero) is 1. The van der Waals surface area contributed by atoms with Gasteiger partial charge in [-0.05, 0) is 25.3 Å². The number of carbonyl (C=O) groups excluding carboxylic acids is 1. The molecular weight excluding hydrogens is 245 g/mol. The Morgan fingerprint density at radius 2 is 2.00 bits per heavy atom. The van der Waals surface area contributed by atoms with Gasteiger partial charge in [-0.15, -0.1) is 11.8 Å². The van der Waals surface area contributed by atoms with Crippen molar-refractivity contribution in [3.05, 3.63) is 29.8 Å². The van der Waals surface area contributed by atoms with Crippen LogP contribution in [-0.4, -0.2) is 25.6 Å². The fourth-order valence-corrected chi connectivity index (χ4v) is 1.79. The van der Waals surface area contributed by atoms with E-state index in [4.69, 9.17) is 0 Å². The molecule has 1 rings (SSSR count). The Morgan fingerprint density at radius 1 is 1.41 bits per heavy atom. The zero-order chi connectivity index (χ0) is 12.8. The minimum Gasteiger partial charge on any atom is -0.376 e. The number of halogens is 2. The van der Waals surface area contributed by atoms with E-state index >= 15 is 0 Å². The van der Waals surface area contributed by atoms with Crippen molar-refractivity contribution in [2.75, 3.05) is 6.26 Å². The van der Waals surface area contributed by atoms with Crippen LogP contribution in [0.25, 0.3) is 0 Å². The largest absolute Gasteiger partial charge is 0.721 e. The molecule has 0 spiro atoms. The first kappa shape index (κ1) is 14.2. The van der Waals surface area contributed by atoms with Gasteiger partial charge < -0.3 is 4.65 Å². The van der Waals surface area contributed by atoms with Gasteiger partial charge in [0.05, 0.1) is 6.10 Å². The minimum absolute atomic E-state index is 0.0387. The molecule has 0 heterocycles. The second kappa shape index (κ2) is 6.76. The monoisotopic (exact) mass is 258 g/mol. The van der Waals surface area contributed by atoms with Crippen LogP contribution < -0.4 is 0 Å². The Bertz CT molecular complexity index is 370. The molecule has 1 aromatic rings. The molecule has 0 aromatic heterocycles. The Balaban J connectivity index is 2.57. The standard InChI is InChI=1S/C11H13BF2O2S/c1-8(16-12(13)14)7-11(15)9-3-5-10(17-2)6-4-9/h3-6,8H,7H2,1-2H3. The molecule has 0 aliphatic rings. The van der Waals surface area contributed by atoms with E-state index in [1.807, 2.05) is 18.4 Å². The molecule has 1 aromatic carbocycles. The van der Waals surface area contributed by atoms with Crippen molar-refractivity contribution in [2.45, 2.75) is 24.3 Å². The summed E-state index contributed by atoms with van der Waals surface area (Å²) in [6, 6.07) is 7.06. The summed E-state index contributed by atoms with van der Waals surface area (Å²) in [7, 11) is -2.84. The molecule has 0 aliphatic heterocycles. The number of thioether (sulfide) groups is 1. The fraction of sp³-hybridized carbons (Fsp3) is 0.364. The third-order valence-corrected chi connectivity index (χ3v) is 2.96. The Labute approximate surface area is 104 Å². The quantitative estimate of drug-likeness (QED) is 0.445. The zero-order valence-electron chi connectivity index (χ0n) is 9.65. The van der Waals surface area contributed by atoms with Crippen molar-refractivity contribution in [3.8, 4) is 0 Å². The van der Waals surface area contributed by atoms with Gasteiger partial charge in [0.1, 0.15) is 0 Å². The van der Waals surface area contributed by atoms with Gasteiger partial charge in [0.25, 0.3) is 0 Å². The maximum Gasteiger partial charge on any atom is 0.721 e. The summed E-state index contributed by atoms with van der Waals surface area (Å²) < 4.78 is 28.0. The zero-order valence-corrected chi connectivity index (χ0v) is 10.5. The third-order valence-electron chi connectivity index (χ3n) is 2.22. The number of hydrogen-bond donors (Lipinski definition) is 0. The average Bonchev–Trinajstić information content (AvgIpc) is 2.28. The number of hydrogen-bond acceptors (Lipinski definition) is 3. The number of benzene rings is 1. The van der Waals surface area contributed by atoms with Crippen molar-refractivity contribution < 1.29 is 18.1 Å². The molecule has 0 aliphatic carbocycles. The molecule has 0 N–H and O–H groups in total. The first-order valence-electron chi connectivity index (χ1n) is 5.13. The smallest absolute Gasteiger partial charge is 0.376 e. The first-order valence-corrected chi connectivity index (χ1v) is 6.36. The van der Waals surface area contributed by atoms with E-state index in [2.05, 4.69) is 4.65 Å². The third kappa shape index (κ3) is 4.87. The van der Waals surface area contributed by atoms with E-state index in [-0.39, 0.29) is 12.2 Å². The number of rotatable bonds is 6. The second-order valence-electron chi connectivity index (χ2n) is 3.56. The van der Waals surface area contributed by atoms with Gasteiger partial charge in [-0.3, -0.25) is 13.4 Å². The van der Waals surface area contributed by atoms with Crippen molar-refractivity contribution in [3.63, 3.8) is 0 Å². The summed E-state index contributed by atoms with van der Waals surface area (Å²) in [5.41, 5.74) is 0.521. The van der Waals surface area contributed by atoms with E-state index in [9.17, 15) is 13.4 Å². The van der Waals surface area contributed by atoms with Crippen LogP contribution in [0.3, 0.4) is 0 Å². The lowest BCUT2D eigenvalue weighted by molar-refractivity contribution is 0.0898. The lowest BCUT2D eigenvalue weighted by Gasteiger charge is -2.10. The Hall–Kier alpha value is -0.875. The molecule has 0 fully saturated rings. The molecule has 0 amide bonds. The van der Waals surface area contributed by atoms with Crippen molar-refractivity contribution >= 4 is 25.0 Å². The van der Waals surface area contributed by atoms with E-state index in [1.54, 1.807) is 23.9 Å². The van der Waals surface area contributed by atoms with Crippen LogP contribution in [0.1, 0.15) is 23.7 Å². The van der Waals surface area contributed by atoms with Crippen molar-refractivity contribution in [1.82, 2.24) is 0 Å². The summed E-state index contributed by atoms with van der Waals surface area (Å²) in [5, 5.41) is 0. The van der Waals surface area contributed by atoms with Crippen LogP contribution in [0, 0.1) is 0 Å². The second-order valence-corrected chi connectivity index (χ2v) is 4.44. The Morgan fingerprint density at radius 3 is 2.47 bits per heavy atom. The SMILES string of the molecule is CSc1ccc(C(=O)CC(C)OB(F)F)cc1. The predicted molar refractivity (Wildman–Crippen MR) is 65.7 cm³/mol. The van der Waals surface area contributed by atoms with Crippen LogP contribution in [0.15, 0.2) is 29.2 Å². The fourth-order valence-electron chi connectivity index (χ4n) is 1.38. The van der Waals surface area contributed by atoms with Crippen LogP contribution in [0.4, 0.5) is 8.63 Å². The van der Waals surface area contributed by atoms with E-state index in [0.717, 1.165) is 4.90 Å². The van der Waals surface area contributed by atoms with Crippen molar-refractivity contribution in [1.29, 1.82) is 0 Å². The van der Waals surface area contributed by atoms with Gasteiger partial charge in [0.15, 0.2) is 5.78 Å². The average molecular weight is 258 g/mol. The van der Waals surface area contributed by atoms with E-state index in [1.165, 1.54) is 6.92 Å². The van der Waals surface area contributed by atoms with Gasteiger partial charge in [0.2, 0.25) is 0 Å². The highest BCUT2D eigenvalue weighted by Gasteiger charge is 2.21. The maximum absolute atomic E-state index is 11.9. The normalized spacial score (nSPS) is 12.2. The van der Waals surface area contributed by atoms with Crippen LogP contribution in [0.2, 0.25) is 0 Å². The molecule has 17 heavy (non-hydrogen) atoms. The molecule has 92 valence electrons. The highest BCUT2D eigenvalue weighted by atomic mass is 32.2. The van der Waals surface area contributed by atoms with Crippen molar-refractivity contribution in [2.24, 2.45) is 0 Å². The summed E-state index contributed by atoms with van der Waals surface area (Å²) in [6.07, 6.45) is 1.13. The lowest BCUT2D eigenvalue weighted by atomic mass is 10.1. The number of ketones is 1. The van der Waals surface area contributed by atoms with Gasteiger partial charge in [-0.1, -0.05) is 12.1 Å². The van der Waals surface area contributed by atoms with Gasteiger partial charge in [-0.25, -0.2) is 0 Å². The first-order chi connectivity index (χ1) is 8.02. The maximum atomic E-state index is 11.9. The van der Waals surface area contributed by atoms with Crippen LogP contribution in [0.5, 0.6) is 0 Å². The molecule has 0 saturated heterocycles. The van der Waals surface area contributed by atoms with E-state index < -0.39 is 13.6 Å². The summed E-state index contributed by atoms with van der Waals surface area (Å²) in [4.78, 5) is 12.8.